The van der Waals surface area contributed by atoms with E-state index in [0.717, 1.165) is 12.8 Å². The van der Waals surface area contributed by atoms with Gasteiger partial charge in [0.15, 0.2) is 11.7 Å². The number of imide groups is 1. The highest BCUT2D eigenvalue weighted by atomic mass is 16.4. The zero-order valence-electron chi connectivity index (χ0n) is 19.0. The maximum absolute atomic E-state index is 13.6. The number of amides is 3. The topological polar surface area (TPSA) is 118 Å². The van der Waals surface area contributed by atoms with E-state index in [0.29, 0.717) is 17.6 Å². The lowest BCUT2D eigenvalue weighted by molar-refractivity contribution is -0.786. The average molecular weight is 432 g/mol. The number of hydrogen-bond acceptors (Lipinski definition) is 6. The lowest BCUT2D eigenvalue weighted by Crippen LogP contribution is -2.68. The zero-order valence-corrected chi connectivity index (χ0v) is 19.0. The number of fused-ring (bicyclic) bond motifs is 1. The molecule has 0 saturated carbocycles. The van der Waals surface area contributed by atoms with Crippen LogP contribution in [0.25, 0.3) is 11.1 Å². The summed E-state index contributed by atoms with van der Waals surface area (Å²) in [5.41, 5.74) is 7.40. The maximum atomic E-state index is 13.6. The van der Waals surface area contributed by atoms with Crippen molar-refractivity contribution in [3.05, 3.63) is 30.2 Å². The molecule has 1 aromatic heterocycles. The molecule has 0 aliphatic carbocycles. The summed E-state index contributed by atoms with van der Waals surface area (Å²) in [7, 11) is 0. The minimum absolute atomic E-state index is 0.0747. The third-order valence-corrected chi connectivity index (χ3v) is 6.56. The number of rotatable bonds is 6. The number of nitrogens with two attached hydrogens (primary N) is 1. The van der Waals surface area contributed by atoms with Crippen LogP contribution in [0.2, 0.25) is 0 Å². The Labute approximate surface area is 183 Å². The first kappa shape index (κ1) is 23.4. The first-order valence-electron chi connectivity index (χ1n) is 11.1. The Balaban J connectivity index is 1.89. The summed E-state index contributed by atoms with van der Waals surface area (Å²) in [6.45, 7) is 9.89. The van der Waals surface area contributed by atoms with Crippen molar-refractivity contribution >= 4 is 23.0 Å². The highest BCUT2D eigenvalue weighted by Crippen LogP contribution is 2.31. The number of oxazole rings is 1. The minimum Gasteiger partial charge on any atom is -0.438 e. The van der Waals surface area contributed by atoms with Crippen molar-refractivity contribution in [1.29, 1.82) is 0 Å². The van der Waals surface area contributed by atoms with E-state index in [9.17, 15) is 14.7 Å². The summed E-state index contributed by atoms with van der Waals surface area (Å²) in [5, 5.41) is 14.0. The summed E-state index contributed by atoms with van der Waals surface area (Å²) >= 11 is 0. The Kier molecular flexibility index (Phi) is 6.83. The number of carbonyl (C=O) groups excluding carboxylic acids is 2. The number of likely N-dealkylation sites (tertiary alicyclic amines) is 1. The van der Waals surface area contributed by atoms with Crippen LogP contribution < -0.4 is 11.1 Å². The van der Waals surface area contributed by atoms with Crippen molar-refractivity contribution in [2.45, 2.75) is 71.7 Å². The fraction of sp³-hybridized carbons (Fsp3) is 0.609. The van der Waals surface area contributed by atoms with Crippen LogP contribution in [-0.2, 0) is 4.79 Å². The summed E-state index contributed by atoms with van der Waals surface area (Å²) < 4.78 is 5.40. The molecule has 5 atom stereocenters. The second-order valence-electron chi connectivity index (χ2n) is 9.38. The predicted octanol–water partition coefficient (Wildman–Crippen LogP) is 3.10. The molecule has 2 aromatic rings. The van der Waals surface area contributed by atoms with Crippen LogP contribution in [0.4, 0.5) is 4.79 Å². The first-order chi connectivity index (χ1) is 14.6. The molecule has 31 heavy (non-hydrogen) atoms. The van der Waals surface area contributed by atoms with Crippen LogP contribution in [0.15, 0.2) is 28.7 Å². The van der Waals surface area contributed by atoms with Gasteiger partial charge in [-0.1, -0.05) is 39.8 Å². The van der Waals surface area contributed by atoms with Crippen molar-refractivity contribution < 1.29 is 23.6 Å². The van der Waals surface area contributed by atoms with Gasteiger partial charge in [0.05, 0.1) is 12.6 Å². The van der Waals surface area contributed by atoms with Gasteiger partial charge in [-0.25, -0.2) is 14.6 Å². The van der Waals surface area contributed by atoms with Gasteiger partial charge in [0.1, 0.15) is 17.6 Å². The summed E-state index contributed by atoms with van der Waals surface area (Å²) in [4.78, 5) is 31.3. The molecule has 3 amide bonds. The average Bonchev–Trinajstić information content (AvgIpc) is 3.34. The minimum atomic E-state index is -1.15. The lowest BCUT2D eigenvalue weighted by Gasteiger charge is -2.37. The van der Waals surface area contributed by atoms with Crippen LogP contribution in [-0.4, -0.2) is 51.2 Å². The highest BCUT2D eigenvalue weighted by Gasteiger charge is 2.55. The number of aliphatic hydroxyl groups excluding tert-OH is 1. The number of hydrogen-bond donors (Lipinski definition) is 3. The van der Waals surface area contributed by atoms with Gasteiger partial charge in [-0.2, -0.15) is 4.48 Å². The number of para-hydroxylation sites is 2. The second kappa shape index (κ2) is 9.06. The SMILES string of the molecule is CC(C)C(NC(=O)[N+]1(C(=O)[C@@H](N)C(C)C)CCC[C@H]1C)C(O)c1nc2ccccc2o1. The summed E-state index contributed by atoms with van der Waals surface area (Å²) in [5.74, 6) is -0.321. The molecule has 1 saturated heterocycles. The van der Waals surface area contributed by atoms with Gasteiger partial charge in [-0.05, 0) is 30.9 Å². The van der Waals surface area contributed by atoms with Crippen molar-refractivity contribution in [2.75, 3.05) is 6.54 Å². The third-order valence-electron chi connectivity index (χ3n) is 6.56. The molecule has 2 heterocycles. The number of nitrogens with zero attached hydrogens (tertiary/aromatic N) is 2. The summed E-state index contributed by atoms with van der Waals surface area (Å²) in [6.07, 6.45) is 0.387. The number of urea groups is 1. The quantitative estimate of drug-likeness (QED) is 0.605. The van der Waals surface area contributed by atoms with Crippen LogP contribution in [0.1, 0.15) is 59.5 Å². The van der Waals surface area contributed by atoms with Crippen LogP contribution in [0.5, 0.6) is 0 Å². The molecule has 3 rings (SSSR count). The van der Waals surface area contributed by atoms with Gasteiger partial charge >= 0.3 is 11.9 Å². The molecule has 170 valence electrons. The number of nitrogens with one attached hydrogen (secondary N) is 1. The van der Waals surface area contributed by atoms with Gasteiger partial charge < -0.3 is 15.3 Å². The number of aromatic nitrogens is 1. The number of carbonyl (C=O) groups is 2. The molecule has 1 aliphatic rings. The molecule has 1 fully saturated rings. The van der Waals surface area contributed by atoms with E-state index in [-0.39, 0.29) is 34.2 Å². The molecule has 8 nitrogen and oxygen atoms in total. The van der Waals surface area contributed by atoms with Gasteiger partial charge in [-0.3, -0.25) is 5.32 Å². The lowest BCUT2D eigenvalue weighted by atomic mass is 9.98. The molecule has 0 bridgehead atoms. The van der Waals surface area contributed by atoms with E-state index in [2.05, 4.69) is 10.3 Å². The molecule has 1 aliphatic heterocycles. The van der Waals surface area contributed by atoms with Crippen LogP contribution >= 0.6 is 0 Å². The first-order valence-corrected chi connectivity index (χ1v) is 11.1. The normalized spacial score (nSPS) is 24.5. The Bertz CT molecular complexity index is 908. The van der Waals surface area contributed by atoms with Gasteiger partial charge in [0, 0.05) is 12.8 Å². The standard InChI is InChI=1S/C23H34N4O4/c1-13(2)18(24)22(29)27(12-8-9-15(27)5)23(30)26-19(14(3)4)20(28)21-25-16-10-6-7-11-17(16)31-21/h6-7,10-11,13-15,18-20,28H,8-9,12,24H2,1-5H3/p+1/t15-,18+,19?,20?,27?/m1/s1. The Morgan fingerprint density at radius 1 is 1.23 bits per heavy atom. The number of quaternary nitrogens is 1. The van der Waals surface area contributed by atoms with E-state index in [1.807, 2.05) is 46.8 Å². The van der Waals surface area contributed by atoms with E-state index in [4.69, 9.17) is 10.2 Å². The zero-order chi connectivity index (χ0) is 22.9. The third kappa shape index (κ3) is 4.24. The van der Waals surface area contributed by atoms with Gasteiger partial charge in [0.25, 0.3) is 0 Å². The highest BCUT2D eigenvalue weighted by molar-refractivity contribution is 5.87. The number of aliphatic hydroxyl groups is 1. The van der Waals surface area contributed by atoms with Crippen molar-refractivity contribution in [2.24, 2.45) is 17.6 Å². The van der Waals surface area contributed by atoms with Crippen molar-refractivity contribution in [3.63, 3.8) is 0 Å². The maximum Gasteiger partial charge on any atom is 0.424 e. The van der Waals surface area contributed by atoms with E-state index in [1.54, 1.807) is 12.1 Å². The summed E-state index contributed by atoms with van der Waals surface area (Å²) in [6, 6.07) is 5.26. The smallest absolute Gasteiger partial charge is 0.424 e. The van der Waals surface area contributed by atoms with Crippen LogP contribution in [0, 0.1) is 11.8 Å². The predicted molar refractivity (Wildman–Crippen MR) is 118 cm³/mol. The molecular formula is C23H35N4O4+. The fourth-order valence-electron chi connectivity index (χ4n) is 4.40. The molecule has 0 radical (unpaired) electrons. The molecule has 1 aromatic carbocycles. The largest absolute Gasteiger partial charge is 0.438 e. The molecule has 8 heteroatoms. The Morgan fingerprint density at radius 3 is 2.45 bits per heavy atom. The molecule has 4 N–H and O–H groups in total. The molecular weight excluding hydrogens is 396 g/mol. The van der Waals surface area contributed by atoms with Gasteiger partial charge in [-0.15, -0.1) is 0 Å². The van der Waals surface area contributed by atoms with Crippen molar-refractivity contribution in [1.82, 2.24) is 10.3 Å². The van der Waals surface area contributed by atoms with Gasteiger partial charge in [0.2, 0.25) is 5.89 Å². The van der Waals surface area contributed by atoms with E-state index < -0.39 is 24.2 Å². The van der Waals surface area contributed by atoms with E-state index >= 15 is 0 Å². The number of benzene rings is 1. The van der Waals surface area contributed by atoms with Crippen molar-refractivity contribution in [3.8, 4) is 0 Å². The Morgan fingerprint density at radius 2 is 1.90 bits per heavy atom. The second-order valence-corrected chi connectivity index (χ2v) is 9.38. The van der Waals surface area contributed by atoms with E-state index in [1.165, 1.54) is 0 Å². The molecule has 0 spiro atoms. The van der Waals surface area contributed by atoms with Crippen LogP contribution in [0.3, 0.4) is 0 Å². The monoisotopic (exact) mass is 431 g/mol. The molecule has 3 unspecified atom stereocenters. The Hall–Kier alpha value is -2.29. The fourth-order valence-corrected chi connectivity index (χ4v) is 4.40.